The quantitative estimate of drug-likeness (QED) is 0.455. The molecule has 1 N–H and O–H groups in total. The van der Waals surface area contributed by atoms with Gasteiger partial charge in [-0.15, -0.1) is 5.69 Å². The number of aromatic nitrogens is 1. The molecular weight excluding hydrogens is 247 g/mol. The second-order valence-electron chi connectivity index (χ2n) is 2.44. The second-order valence-corrected chi connectivity index (χ2v) is 2.44. The molecule has 0 unspecified atom stereocenters. The second kappa shape index (κ2) is 9.47. The molecule has 0 aliphatic rings. The standard InChI is InChI=1S/C6H8N.C5H7.Ru/c1-5-3-4-6(2)7-5;1-3-5-4-2;/h3,7H,1-2H3;1,3-5H,2H3;/q2*-1;+2. The van der Waals surface area contributed by atoms with E-state index in [0.717, 1.165) is 5.69 Å². The molecule has 72 valence electrons. The Kier molecular flexibility index (Phi) is 10.8. The van der Waals surface area contributed by atoms with E-state index in [2.05, 4.69) is 11.1 Å². The summed E-state index contributed by atoms with van der Waals surface area (Å²) < 4.78 is 0. The van der Waals surface area contributed by atoms with Crippen LogP contribution >= 0.6 is 0 Å². The summed E-state index contributed by atoms with van der Waals surface area (Å²) in [6, 6.07) is 4.95. The zero-order chi connectivity index (χ0) is 9.40. The zero-order valence-corrected chi connectivity index (χ0v) is 9.98. The Hall–Kier alpha value is -0.617. The van der Waals surface area contributed by atoms with Crippen molar-refractivity contribution in [3.05, 3.63) is 48.3 Å². The van der Waals surface area contributed by atoms with Gasteiger partial charge in [-0.25, -0.2) is 24.3 Å². The van der Waals surface area contributed by atoms with Crippen molar-refractivity contribution >= 4 is 0 Å². The van der Waals surface area contributed by atoms with Crippen LogP contribution in [0.5, 0.6) is 0 Å². The average Bonchev–Trinajstić information content (AvgIpc) is 2.38. The van der Waals surface area contributed by atoms with Crippen LogP contribution in [0, 0.1) is 26.5 Å². The minimum atomic E-state index is 0. The third-order valence-electron chi connectivity index (χ3n) is 1.19. The summed E-state index contributed by atoms with van der Waals surface area (Å²) in [7, 11) is 0. The normalized spacial score (nSPS) is 8.54. The molecule has 0 spiro atoms. The molecule has 1 rings (SSSR count). The monoisotopic (exact) mass is 263 g/mol. The Balaban J connectivity index is 0. The van der Waals surface area contributed by atoms with Gasteiger partial charge in [0.25, 0.3) is 0 Å². The van der Waals surface area contributed by atoms with Gasteiger partial charge in [-0.05, 0) is 6.92 Å². The minimum absolute atomic E-state index is 0. The maximum Gasteiger partial charge on any atom is 2.00 e. The van der Waals surface area contributed by atoms with Gasteiger partial charge < -0.3 is 4.98 Å². The summed E-state index contributed by atoms with van der Waals surface area (Å²) >= 11 is 0. The van der Waals surface area contributed by atoms with Crippen LogP contribution < -0.4 is 0 Å². The molecule has 0 aromatic carbocycles. The molecule has 0 bridgehead atoms. The van der Waals surface area contributed by atoms with Gasteiger partial charge >= 0.3 is 19.5 Å². The predicted octanol–water partition coefficient (Wildman–Crippen LogP) is 2.98. The number of rotatable bonds is 1. The van der Waals surface area contributed by atoms with Crippen molar-refractivity contribution in [2.45, 2.75) is 20.8 Å². The molecule has 0 aliphatic carbocycles. The molecule has 1 aromatic rings. The molecule has 0 saturated heterocycles. The molecule has 13 heavy (non-hydrogen) atoms. The van der Waals surface area contributed by atoms with E-state index in [0.29, 0.717) is 0 Å². The number of allylic oxidation sites excluding steroid dienone is 3. The Morgan fingerprint density at radius 1 is 1.46 bits per heavy atom. The third kappa shape index (κ3) is 9.30. The largest absolute Gasteiger partial charge is 2.00 e. The van der Waals surface area contributed by atoms with E-state index in [1.165, 1.54) is 11.8 Å². The molecule has 1 aromatic heterocycles. The molecule has 0 radical (unpaired) electrons. The number of H-pyrrole nitrogens is 1. The third-order valence-corrected chi connectivity index (χ3v) is 1.19. The molecule has 0 atom stereocenters. The van der Waals surface area contributed by atoms with Crippen molar-refractivity contribution in [3.8, 4) is 0 Å². The van der Waals surface area contributed by atoms with Crippen LogP contribution in [0.15, 0.2) is 24.3 Å². The average molecular weight is 262 g/mol. The van der Waals surface area contributed by atoms with Gasteiger partial charge in [0.2, 0.25) is 0 Å². The van der Waals surface area contributed by atoms with E-state index in [-0.39, 0.29) is 19.5 Å². The van der Waals surface area contributed by atoms with Crippen molar-refractivity contribution in [3.63, 3.8) is 0 Å². The van der Waals surface area contributed by atoms with Crippen LogP contribution in [0.4, 0.5) is 0 Å². The number of aryl methyl sites for hydroxylation is 2. The van der Waals surface area contributed by atoms with Gasteiger partial charge in [-0.1, -0.05) is 19.5 Å². The zero-order valence-electron chi connectivity index (χ0n) is 8.24. The Morgan fingerprint density at radius 2 is 2.08 bits per heavy atom. The number of nitrogens with one attached hydrogen (secondary N) is 1. The predicted molar refractivity (Wildman–Crippen MR) is 52.8 cm³/mol. The van der Waals surface area contributed by atoms with Crippen LogP contribution in [0.3, 0.4) is 0 Å². The summed E-state index contributed by atoms with van der Waals surface area (Å²) in [5, 5.41) is 0. The summed E-state index contributed by atoms with van der Waals surface area (Å²) in [4.78, 5) is 3.08. The van der Waals surface area contributed by atoms with Gasteiger partial charge in [0.05, 0.1) is 0 Å². The van der Waals surface area contributed by atoms with E-state index in [1.54, 1.807) is 6.08 Å². The fraction of sp³-hybridized carbons (Fsp3) is 0.273. The maximum absolute atomic E-state index is 4.93. The van der Waals surface area contributed by atoms with E-state index in [1.807, 2.05) is 32.9 Å². The Bertz CT molecular complexity index is 232. The van der Waals surface area contributed by atoms with Crippen LogP contribution in [0.1, 0.15) is 18.3 Å². The van der Waals surface area contributed by atoms with Crippen molar-refractivity contribution in [1.29, 1.82) is 0 Å². The Morgan fingerprint density at radius 3 is 2.15 bits per heavy atom. The van der Waals surface area contributed by atoms with Crippen LogP contribution in [0.2, 0.25) is 0 Å². The SMILES string of the molecule is Cc1[c-]cc(C)[nH]1.[CH-]=CC=CC.[Ru+2]. The molecule has 0 aliphatic heterocycles. The first-order chi connectivity index (χ1) is 5.70. The van der Waals surface area contributed by atoms with Gasteiger partial charge in [0.1, 0.15) is 0 Å². The first-order valence-corrected chi connectivity index (χ1v) is 3.90. The van der Waals surface area contributed by atoms with Crippen molar-refractivity contribution in [1.82, 2.24) is 4.98 Å². The number of aromatic amines is 1. The van der Waals surface area contributed by atoms with Gasteiger partial charge in [-0.3, -0.25) is 6.58 Å². The summed E-state index contributed by atoms with van der Waals surface area (Å²) in [6.45, 7) is 10.9. The topological polar surface area (TPSA) is 15.8 Å². The summed E-state index contributed by atoms with van der Waals surface area (Å²) in [6.07, 6.45) is 5.15. The smallest absolute Gasteiger partial charge is 0.456 e. The van der Waals surface area contributed by atoms with E-state index >= 15 is 0 Å². The Labute approximate surface area is 93.7 Å². The number of hydrogen-bond donors (Lipinski definition) is 1. The van der Waals surface area contributed by atoms with E-state index in [9.17, 15) is 0 Å². The molecule has 0 fully saturated rings. The van der Waals surface area contributed by atoms with E-state index in [4.69, 9.17) is 6.58 Å². The maximum atomic E-state index is 4.93. The molecule has 2 heteroatoms. The summed E-state index contributed by atoms with van der Waals surface area (Å²) in [5.41, 5.74) is 2.29. The van der Waals surface area contributed by atoms with Crippen molar-refractivity contribution in [2.24, 2.45) is 0 Å². The van der Waals surface area contributed by atoms with Crippen LogP contribution in [0.25, 0.3) is 0 Å². The molecule has 1 heterocycles. The van der Waals surface area contributed by atoms with Crippen molar-refractivity contribution < 1.29 is 19.5 Å². The van der Waals surface area contributed by atoms with Crippen molar-refractivity contribution in [2.75, 3.05) is 0 Å². The van der Waals surface area contributed by atoms with Gasteiger partial charge in [0, 0.05) is 0 Å². The van der Waals surface area contributed by atoms with Gasteiger partial charge in [0.15, 0.2) is 0 Å². The summed E-state index contributed by atoms with van der Waals surface area (Å²) in [5.74, 6) is 0. The number of hydrogen-bond acceptors (Lipinski definition) is 0. The minimum Gasteiger partial charge on any atom is -0.456 e. The first-order valence-electron chi connectivity index (χ1n) is 3.90. The molecular formula is C11H15NRu. The fourth-order valence-electron chi connectivity index (χ4n) is 0.696. The van der Waals surface area contributed by atoms with Crippen LogP contribution in [-0.2, 0) is 19.5 Å². The van der Waals surface area contributed by atoms with E-state index < -0.39 is 0 Å². The first kappa shape index (κ1) is 14.9. The van der Waals surface area contributed by atoms with Gasteiger partial charge in [-0.2, -0.15) is 6.08 Å². The fourth-order valence-corrected chi connectivity index (χ4v) is 0.696. The van der Waals surface area contributed by atoms with Crippen LogP contribution in [-0.4, -0.2) is 4.98 Å². The molecule has 0 amide bonds. The molecule has 1 nitrogen and oxygen atoms in total. The molecule has 0 saturated carbocycles.